The zero-order valence-corrected chi connectivity index (χ0v) is 21.4. The van der Waals surface area contributed by atoms with Crippen molar-refractivity contribution in [2.24, 2.45) is 0 Å². The number of carbonyl (C=O) groups excluding carboxylic acids is 2. The summed E-state index contributed by atoms with van der Waals surface area (Å²) in [6.45, 7) is 12.6. The molecule has 0 aromatic heterocycles. The normalized spacial score (nSPS) is 15.2. The first-order chi connectivity index (χ1) is 15.7. The highest BCUT2D eigenvalue weighted by Gasteiger charge is 2.28. The van der Waals surface area contributed by atoms with Crippen LogP contribution in [0.2, 0.25) is 0 Å². The average molecular weight is 445 g/mol. The summed E-state index contributed by atoms with van der Waals surface area (Å²) in [5, 5.41) is 0. The number of fused-ring (bicyclic) bond motifs is 1. The molecule has 0 N–H and O–H groups in total. The summed E-state index contributed by atoms with van der Waals surface area (Å²) in [6.07, 6.45) is 16.1. The molecule has 0 fully saturated rings. The van der Waals surface area contributed by atoms with Gasteiger partial charge in [-0.15, -0.1) is 0 Å². The molecule has 0 radical (unpaired) electrons. The molecular formula is C31H40O2. The van der Waals surface area contributed by atoms with Gasteiger partial charge in [-0.1, -0.05) is 70.9 Å². The minimum atomic E-state index is -0.0222. The lowest BCUT2D eigenvalue weighted by Gasteiger charge is -2.18. The summed E-state index contributed by atoms with van der Waals surface area (Å²) in [5.41, 5.74) is 7.84. The molecule has 0 amide bonds. The van der Waals surface area contributed by atoms with Crippen molar-refractivity contribution in [1.29, 1.82) is 0 Å². The van der Waals surface area contributed by atoms with E-state index in [4.69, 9.17) is 0 Å². The molecule has 1 aliphatic carbocycles. The monoisotopic (exact) mass is 444 g/mol. The Labute approximate surface area is 200 Å². The van der Waals surface area contributed by atoms with Crippen molar-refractivity contribution in [2.75, 3.05) is 0 Å². The second kappa shape index (κ2) is 13.1. The molecule has 0 atom stereocenters. The van der Waals surface area contributed by atoms with E-state index in [-0.39, 0.29) is 11.6 Å². The van der Waals surface area contributed by atoms with Gasteiger partial charge in [0.25, 0.3) is 0 Å². The zero-order valence-electron chi connectivity index (χ0n) is 21.4. The molecule has 2 nitrogen and oxygen atoms in total. The summed E-state index contributed by atoms with van der Waals surface area (Å²) < 4.78 is 0. The van der Waals surface area contributed by atoms with Crippen LogP contribution in [0.3, 0.4) is 0 Å². The molecule has 1 aromatic rings. The number of benzene rings is 1. The van der Waals surface area contributed by atoms with Gasteiger partial charge in [0.2, 0.25) is 0 Å². The quantitative estimate of drug-likeness (QED) is 0.319. The van der Waals surface area contributed by atoms with Crippen LogP contribution in [0.5, 0.6) is 0 Å². The van der Waals surface area contributed by atoms with E-state index in [0.29, 0.717) is 28.7 Å². The van der Waals surface area contributed by atoms with Crippen LogP contribution < -0.4 is 0 Å². The van der Waals surface area contributed by atoms with Gasteiger partial charge in [-0.25, -0.2) is 0 Å². The summed E-state index contributed by atoms with van der Waals surface area (Å²) >= 11 is 0. The predicted octanol–water partition coefficient (Wildman–Crippen LogP) is 8.92. The van der Waals surface area contributed by atoms with Gasteiger partial charge in [-0.2, -0.15) is 0 Å². The van der Waals surface area contributed by atoms with Gasteiger partial charge < -0.3 is 0 Å². The molecule has 2 heteroatoms. The second-order valence-electron chi connectivity index (χ2n) is 9.56. The smallest absolute Gasteiger partial charge is 0.190 e. The molecule has 176 valence electrons. The SMILES string of the molecule is CC(C)=CCC/C(C)=C\CC/C(C)=C/CC/C(C)=C\CC1=C(C)C(=O)c2ccccc2C1=O. The van der Waals surface area contributed by atoms with Crippen molar-refractivity contribution in [3.63, 3.8) is 0 Å². The van der Waals surface area contributed by atoms with Crippen molar-refractivity contribution < 1.29 is 9.59 Å². The maximum absolute atomic E-state index is 12.9. The van der Waals surface area contributed by atoms with Crippen molar-refractivity contribution in [2.45, 2.75) is 86.5 Å². The Morgan fingerprint density at radius 2 is 1.12 bits per heavy atom. The number of hydrogen-bond acceptors (Lipinski definition) is 2. The predicted molar refractivity (Wildman–Crippen MR) is 141 cm³/mol. The van der Waals surface area contributed by atoms with E-state index < -0.39 is 0 Å². The van der Waals surface area contributed by atoms with Crippen LogP contribution in [0, 0.1) is 0 Å². The highest BCUT2D eigenvalue weighted by atomic mass is 16.1. The van der Waals surface area contributed by atoms with Crippen molar-refractivity contribution in [1.82, 2.24) is 0 Å². The summed E-state index contributed by atoms with van der Waals surface area (Å²) in [5.74, 6) is -0.0299. The van der Waals surface area contributed by atoms with E-state index in [2.05, 4.69) is 58.9 Å². The van der Waals surface area contributed by atoms with Crippen LogP contribution in [-0.2, 0) is 0 Å². The molecule has 0 bridgehead atoms. The molecule has 1 aliphatic rings. The van der Waals surface area contributed by atoms with E-state index >= 15 is 0 Å². The molecule has 0 unspecified atom stereocenters. The lowest BCUT2D eigenvalue weighted by Crippen LogP contribution is -2.20. The van der Waals surface area contributed by atoms with Crippen molar-refractivity contribution in [3.8, 4) is 0 Å². The van der Waals surface area contributed by atoms with Crippen LogP contribution >= 0.6 is 0 Å². The first-order valence-electron chi connectivity index (χ1n) is 12.2. The van der Waals surface area contributed by atoms with Gasteiger partial charge >= 0.3 is 0 Å². The minimum absolute atomic E-state index is 0.00770. The van der Waals surface area contributed by atoms with E-state index in [1.807, 2.05) is 12.1 Å². The maximum atomic E-state index is 12.9. The fourth-order valence-corrected chi connectivity index (χ4v) is 4.06. The third-order valence-electron chi connectivity index (χ3n) is 6.29. The lowest BCUT2D eigenvalue weighted by atomic mass is 9.83. The first-order valence-corrected chi connectivity index (χ1v) is 12.2. The largest absolute Gasteiger partial charge is 0.289 e. The molecule has 2 rings (SSSR count). The maximum Gasteiger partial charge on any atom is 0.190 e. The number of ketones is 2. The van der Waals surface area contributed by atoms with E-state index in [1.165, 1.54) is 22.3 Å². The average Bonchev–Trinajstić information content (AvgIpc) is 2.77. The lowest BCUT2D eigenvalue weighted by molar-refractivity contribution is 0.0973. The van der Waals surface area contributed by atoms with Crippen LogP contribution in [0.4, 0.5) is 0 Å². The topological polar surface area (TPSA) is 34.1 Å². The molecule has 0 aliphatic heterocycles. The summed E-state index contributed by atoms with van der Waals surface area (Å²) in [6, 6.07) is 7.13. The van der Waals surface area contributed by atoms with Crippen molar-refractivity contribution >= 4 is 11.6 Å². The fourth-order valence-electron chi connectivity index (χ4n) is 4.06. The van der Waals surface area contributed by atoms with Crippen molar-refractivity contribution in [3.05, 3.63) is 93.1 Å². The van der Waals surface area contributed by atoms with Gasteiger partial charge in [-0.3, -0.25) is 9.59 Å². The highest BCUT2D eigenvalue weighted by Crippen LogP contribution is 2.28. The Hall–Kier alpha value is -2.74. The third kappa shape index (κ3) is 8.28. The van der Waals surface area contributed by atoms with Gasteiger partial charge in [0.1, 0.15) is 0 Å². The summed E-state index contributed by atoms with van der Waals surface area (Å²) in [7, 11) is 0. The Kier molecular flexibility index (Phi) is 10.5. The number of rotatable bonds is 11. The number of allylic oxidation sites excluding steroid dienone is 10. The van der Waals surface area contributed by atoms with Gasteiger partial charge in [-0.05, 0) is 86.5 Å². The van der Waals surface area contributed by atoms with Gasteiger partial charge in [0.05, 0.1) is 0 Å². The number of carbonyl (C=O) groups is 2. The molecule has 0 saturated heterocycles. The van der Waals surface area contributed by atoms with Gasteiger partial charge in [0, 0.05) is 22.3 Å². The fraction of sp³-hybridized carbons (Fsp3) is 0.419. The molecule has 0 heterocycles. The Bertz CT molecular complexity index is 1020. The zero-order chi connectivity index (χ0) is 24.4. The highest BCUT2D eigenvalue weighted by molar-refractivity contribution is 6.26. The first kappa shape index (κ1) is 26.5. The minimum Gasteiger partial charge on any atom is -0.289 e. The standard InChI is InChI=1S/C31H40O2/c1-22(2)12-9-13-23(3)14-10-15-24(4)16-11-17-25(5)20-21-27-26(6)30(32)28-18-7-8-19-29(28)31(27)33/h7-8,12,14,16,18-20H,9-11,13,15,17,21H2,1-6H3/b23-14-,24-16+,25-20-. The Morgan fingerprint density at radius 3 is 1.64 bits per heavy atom. The van der Waals surface area contributed by atoms with Crippen LogP contribution in [0.25, 0.3) is 0 Å². The molecule has 0 saturated carbocycles. The Balaban J connectivity index is 1.83. The molecule has 33 heavy (non-hydrogen) atoms. The molecule has 1 aromatic carbocycles. The van der Waals surface area contributed by atoms with E-state index in [0.717, 1.165) is 38.5 Å². The molecule has 0 spiro atoms. The van der Waals surface area contributed by atoms with E-state index in [1.54, 1.807) is 19.1 Å². The van der Waals surface area contributed by atoms with Crippen LogP contribution in [0.1, 0.15) is 107 Å². The van der Waals surface area contributed by atoms with Crippen LogP contribution in [-0.4, -0.2) is 11.6 Å². The summed E-state index contributed by atoms with van der Waals surface area (Å²) in [4.78, 5) is 25.5. The number of Topliss-reactive ketones (excluding diaryl/α,β-unsaturated/α-hetero) is 2. The second-order valence-corrected chi connectivity index (χ2v) is 9.56. The van der Waals surface area contributed by atoms with E-state index in [9.17, 15) is 9.59 Å². The number of hydrogen-bond donors (Lipinski definition) is 0. The Morgan fingerprint density at radius 1 is 0.667 bits per heavy atom. The third-order valence-corrected chi connectivity index (χ3v) is 6.29. The molecular weight excluding hydrogens is 404 g/mol. The van der Waals surface area contributed by atoms with Crippen LogP contribution in [0.15, 0.2) is 82.0 Å². The van der Waals surface area contributed by atoms with Gasteiger partial charge in [0.15, 0.2) is 11.6 Å².